The highest BCUT2D eigenvalue weighted by molar-refractivity contribution is 5.79. The molecule has 10 heteroatoms. The van der Waals surface area contributed by atoms with E-state index in [-0.39, 0.29) is 19.1 Å². The number of hydrogen-bond donors (Lipinski definition) is 2. The van der Waals surface area contributed by atoms with Crippen LogP contribution in [0.2, 0.25) is 0 Å². The molecule has 168 valence electrons. The second kappa shape index (κ2) is 9.99. The summed E-state index contributed by atoms with van der Waals surface area (Å²) in [6.45, 7) is -2.07. The minimum atomic E-state index is -2.94. The largest absolute Gasteiger partial charge is 0.454 e. The van der Waals surface area contributed by atoms with E-state index < -0.39 is 6.61 Å². The Morgan fingerprint density at radius 2 is 1.97 bits per heavy atom. The number of hydrogen-bond acceptors (Lipinski definition) is 5. The Bertz CT molecular complexity index is 1070. The zero-order chi connectivity index (χ0) is 22.3. The third-order valence-corrected chi connectivity index (χ3v) is 4.80. The Labute approximate surface area is 183 Å². The molecule has 0 saturated carbocycles. The van der Waals surface area contributed by atoms with Gasteiger partial charge < -0.3 is 24.8 Å². The molecule has 1 aliphatic rings. The van der Waals surface area contributed by atoms with E-state index >= 15 is 0 Å². The Morgan fingerprint density at radius 1 is 1.19 bits per heavy atom. The fraction of sp³-hybridized carbons (Fsp3) is 0.273. The summed E-state index contributed by atoms with van der Waals surface area (Å²) >= 11 is 0. The fourth-order valence-electron chi connectivity index (χ4n) is 3.25. The maximum absolute atomic E-state index is 12.8. The lowest BCUT2D eigenvalue weighted by Crippen LogP contribution is -2.37. The van der Waals surface area contributed by atoms with Gasteiger partial charge in [-0.1, -0.05) is 18.2 Å². The number of fused-ring (bicyclic) bond motifs is 1. The van der Waals surface area contributed by atoms with E-state index in [1.165, 1.54) is 6.07 Å². The Balaban J connectivity index is 1.32. The van der Waals surface area contributed by atoms with Crippen LogP contribution in [0.25, 0.3) is 5.69 Å². The fourth-order valence-corrected chi connectivity index (χ4v) is 3.25. The summed E-state index contributed by atoms with van der Waals surface area (Å²) in [4.78, 5) is 4.18. The molecule has 1 aliphatic heterocycles. The number of alkyl halides is 2. The van der Waals surface area contributed by atoms with E-state index in [4.69, 9.17) is 9.47 Å². The first-order chi connectivity index (χ1) is 15.6. The first kappa shape index (κ1) is 21.4. The van der Waals surface area contributed by atoms with E-state index in [9.17, 15) is 8.78 Å². The number of benzene rings is 2. The van der Waals surface area contributed by atoms with Gasteiger partial charge in [-0.05, 0) is 30.2 Å². The van der Waals surface area contributed by atoms with Crippen LogP contribution in [0.1, 0.15) is 11.1 Å². The van der Waals surface area contributed by atoms with Gasteiger partial charge in [-0.25, -0.2) is 4.68 Å². The molecule has 1 aromatic heterocycles. The Kier molecular flexibility index (Phi) is 6.69. The SMILES string of the molecule is CN=C(NCCc1cnn(-c2ccccc2)c1)NCc1cc2c(cc1OC(F)F)OCO2. The summed E-state index contributed by atoms with van der Waals surface area (Å²) in [6.07, 6.45) is 4.54. The van der Waals surface area contributed by atoms with Crippen LogP contribution in [0.15, 0.2) is 59.9 Å². The molecular formula is C22H23F2N5O3. The third kappa shape index (κ3) is 5.26. The predicted octanol–water partition coefficient (Wildman–Crippen LogP) is 3.11. The topological polar surface area (TPSA) is 81.9 Å². The minimum absolute atomic E-state index is 0.0283. The van der Waals surface area contributed by atoms with Gasteiger partial charge in [0.05, 0.1) is 11.9 Å². The van der Waals surface area contributed by atoms with Gasteiger partial charge in [0.15, 0.2) is 17.5 Å². The highest BCUT2D eigenvalue weighted by Crippen LogP contribution is 2.38. The molecule has 0 saturated heterocycles. The van der Waals surface area contributed by atoms with Crippen LogP contribution in [0.5, 0.6) is 17.2 Å². The highest BCUT2D eigenvalue weighted by atomic mass is 19.3. The molecule has 32 heavy (non-hydrogen) atoms. The number of aliphatic imine (C=N–C) groups is 1. The van der Waals surface area contributed by atoms with E-state index in [1.54, 1.807) is 13.1 Å². The van der Waals surface area contributed by atoms with Gasteiger partial charge in [0, 0.05) is 38.0 Å². The highest BCUT2D eigenvalue weighted by Gasteiger charge is 2.20. The summed E-state index contributed by atoms with van der Waals surface area (Å²) in [7, 11) is 1.64. The monoisotopic (exact) mass is 443 g/mol. The van der Waals surface area contributed by atoms with Crippen molar-refractivity contribution in [2.45, 2.75) is 19.6 Å². The molecule has 0 aliphatic carbocycles. The van der Waals surface area contributed by atoms with Crippen molar-refractivity contribution in [2.24, 2.45) is 4.99 Å². The zero-order valence-electron chi connectivity index (χ0n) is 17.4. The number of ether oxygens (including phenoxy) is 3. The van der Waals surface area contributed by atoms with Crippen LogP contribution < -0.4 is 24.8 Å². The second-order valence-electron chi connectivity index (χ2n) is 6.92. The summed E-state index contributed by atoms with van der Waals surface area (Å²) in [5.41, 5.74) is 2.57. The molecule has 0 bridgehead atoms. The van der Waals surface area contributed by atoms with Crippen molar-refractivity contribution in [3.05, 3.63) is 66.0 Å². The molecule has 0 amide bonds. The first-order valence-electron chi connectivity index (χ1n) is 10.0. The lowest BCUT2D eigenvalue weighted by molar-refractivity contribution is -0.0505. The van der Waals surface area contributed by atoms with Gasteiger partial charge in [0.2, 0.25) is 6.79 Å². The van der Waals surface area contributed by atoms with Crippen molar-refractivity contribution in [1.29, 1.82) is 0 Å². The average Bonchev–Trinajstić information content (AvgIpc) is 3.45. The van der Waals surface area contributed by atoms with Crippen LogP contribution in [0.3, 0.4) is 0 Å². The number of para-hydroxylation sites is 1. The van der Waals surface area contributed by atoms with Crippen molar-refractivity contribution < 1.29 is 23.0 Å². The normalized spacial score (nSPS) is 12.8. The smallest absolute Gasteiger partial charge is 0.387 e. The number of halogens is 2. The molecule has 0 fully saturated rings. The summed E-state index contributed by atoms with van der Waals surface area (Å²) < 4.78 is 42.6. The molecule has 0 spiro atoms. The third-order valence-electron chi connectivity index (χ3n) is 4.80. The molecule has 2 aromatic carbocycles. The van der Waals surface area contributed by atoms with E-state index in [0.29, 0.717) is 29.6 Å². The van der Waals surface area contributed by atoms with Crippen LogP contribution >= 0.6 is 0 Å². The van der Waals surface area contributed by atoms with E-state index in [0.717, 1.165) is 17.7 Å². The molecule has 0 unspecified atom stereocenters. The molecule has 2 heterocycles. The number of rotatable bonds is 8. The standard InChI is InChI=1S/C22H23F2N5O3/c1-25-22(26-8-7-15-11-28-29(13-15)17-5-3-2-4-6-17)27-12-16-9-19-20(31-14-30-19)10-18(16)32-21(23)24/h2-6,9-11,13,21H,7-8,12,14H2,1H3,(H2,25,26,27). The quantitative estimate of drug-likeness (QED) is 0.411. The van der Waals surface area contributed by atoms with Gasteiger partial charge in [-0.2, -0.15) is 13.9 Å². The van der Waals surface area contributed by atoms with E-state index in [1.807, 2.05) is 47.4 Å². The van der Waals surface area contributed by atoms with E-state index in [2.05, 4.69) is 25.5 Å². The molecule has 0 atom stereocenters. The van der Waals surface area contributed by atoms with Crippen molar-refractivity contribution in [2.75, 3.05) is 20.4 Å². The van der Waals surface area contributed by atoms with Crippen LogP contribution in [0.4, 0.5) is 8.78 Å². The van der Waals surface area contributed by atoms with Crippen LogP contribution in [-0.2, 0) is 13.0 Å². The Morgan fingerprint density at radius 3 is 2.72 bits per heavy atom. The summed E-state index contributed by atoms with van der Waals surface area (Å²) in [5, 5.41) is 10.7. The van der Waals surface area contributed by atoms with Crippen molar-refractivity contribution in [3.63, 3.8) is 0 Å². The number of nitrogens with zero attached hydrogens (tertiary/aromatic N) is 3. The molecule has 3 aromatic rings. The van der Waals surface area contributed by atoms with Gasteiger partial charge in [0.25, 0.3) is 0 Å². The molecule has 2 N–H and O–H groups in total. The first-order valence-corrected chi connectivity index (χ1v) is 10.0. The van der Waals surface area contributed by atoms with Crippen LogP contribution in [-0.4, -0.2) is 42.7 Å². The van der Waals surface area contributed by atoms with Crippen molar-refractivity contribution in [3.8, 4) is 22.9 Å². The van der Waals surface area contributed by atoms with Gasteiger partial charge >= 0.3 is 6.61 Å². The average molecular weight is 443 g/mol. The van der Waals surface area contributed by atoms with Gasteiger partial charge in [-0.3, -0.25) is 4.99 Å². The predicted molar refractivity (Wildman–Crippen MR) is 115 cm³/mol. The van der Waals surface area contributed by atoms with Gasteiger partial charge in [-0.15, -0.1) is 0 Å². The minimum Gasteiger partial charge on any atom is -0.454 e. The molecule has 0 radical (unpaired) electrons. The number of guanidine groups is 1. The summed E-state index contributed by atoms with van der Waals surface area (Å²) in [5.74, 6) is 1.42. The molecule has 8 nitrogen and oxygen atoms in total. The van der Waals surface area contributed by atoms with Crippen LogP contribution in [0, 0.1) is 0 Å². The second-order valence-corrected chi connectivity index (χ2v) is 6.92. The lowest BCUT2D eigenvalue weighted by Gasteiger charge is -2.15. The maximum Gasteiger partial charge on any atom is 0.387 e. The van der Waals surface area contributed by atoms with Gasteiger partial charge in [0.1, 0.15) is 5.75 Å². The lowest BCUT2D eigenvalue weighted by atomic mass is 10.1. The van der Waals surface area contributed by atoms with Crippen molar-refractivity contribution in [1.82, 2.24) is 20.4 Å². The Hall–Kier alpha value is -3.82. The number of nitrogens with one attached hydrogen (secondary N) is 2. The molecule has 4 rings (SSSR count). The summed E-state index contributed by atoms with van der Waals surface area (Å²) in [6, 6.07) is 12.9. The molecular weight excluding hydrogens is 420 g/mol. The number of aromatic nitrogens is 2. The zero-order valence-corrected chi connectivity index (χ0v) is 17.4. The van der Waals surface area contributed by atoms with Crippen molar-refractivity contribution >= 4 is 5.96 Å². The maximum atomic E-state index is 12.8.